The predicted molar refractivity (Wildman–Crippen MR) is 76.0 cm³/mol. The third-order valence-electron chi connectivity index (χ3n) is 3.78. The van der Waals surface area contributed by atoms with Crippen molar-refractivity contribution in [2.24, 2.45) is 11.8 Å². The van der Waals surface area contributed by atoms with Crippen LogP contribution < -0.4 is 4.74 Å². The minimum atomic E-state index is 0.258. The molecule has 0 saturated carbocycles. The van der Waals surface area contributed by atoms with Gasteiger partial charge in [-0.15, -0.1) is 0 Å². The summed E-state index contributed by atoms with van der Waals surface area (Å²) in [6, 6.07) is 8.09. The third kappa shape index (κ3) is 4.34. The largest absolute Gasteiger partial charge is 0.496 e. The van der Waals surface area contributed by atoms with E-state index in [1.807, 2.05) is 18.2 Å². The van der Waals surface area contributed by atoms with Gasteiger partial charge >= 0.3 is 0 Å². The van der Waals surface area contributed by atoms with Crippen LogP contribution in [0.2, 0.25) is 0 Å². The first kappa shape index (κ1) is 15.0. The van der Waals surface area contributed by atoms with Crippen molar-refractivity contribution in [1.82, 2.24) is 0 Å². The van der Waals surface area contributed by atoms with Crippen LogP contribution in [0.3, 0.4) is 0 Å². The minimum Gasteiger partial charge on any atom is -0.496 e. The Labute approximate surface area is 111 Å². The van der Waals surface area contributed by atoms with Crippen LogP contribution in [-0.4, -0.2) is 18.8 Å². The van der Waals surface area contributed by atoms with Gasteiger partial charge in [-0.05, 0) is 36.3 Å². The number of methoxy groups -OCH3 is 1. The smallest absolute Gasteiger partial charge is 0.122 e. The van der Waals surface area contributed by atoms with Gasteiger partial charge < -0.3 is 9.84 Å². The SMILES string of the molecule is CCC(CC)CC(CO)Cc1ccccc1OC. The molecule has 0 heterocycles. The lowest BCUT2D eigenvalue weighted by Crippen LogP contribution is -2.15. The van der Waals surface area contributed by atoms with Gasteiger partial charge in [0.1, 0.15) is 5.75 Å². The fourth-order valence-electron chi connectivity index (χ4n) is 2.50. The summed E-state index contributed by atoms with van der Waals surface area (Å²) in [4.78, 5) is 0. The van der Waals surface area contributed by atoms with Crippen molar-refractivity contribution in [2.75, 3.05) is 13.7 Å². The van der Waals surface area contributed by atoms with Crippen molar-refractivity contribution in [3.8, 4) is 5.75 Å². The highest BCUT2D eigenvalue weighted by atomic mass is 16.5. The molecule has 18 heavy (non-hydrogen) atoms. The summed E-state index contributed by atoms with van der Waals surface area (Å²) in [5, 5.41) is 9.55. The van der Waals surface area contributed by atoms with Crippen LogP contribution in [0, 0.1) is 11.8 Å². The molecule has 2 nitrogen and oxygen atoms in total. The minimum absolute atomic E-state index is 0.258. The van der Waals surface area contributed by atoms with Crippen molar-refractivity contribution in [3.05, 3.63) is 29.8 Å². The number of benzene rings is 1. The van der Waals surface area contributed by atoms with Gasteiger partial charge in [-0.1, -0.05) is 44.9 Å². The van der Waals surface area contributed by atoms with Crippen LogP contribution in [0.25, 0.3) is 0 Å². The van der Waals surface area contributed by atoms with E-state index in [1.165, 1.54) is 18.4 Å². The zero-order valence-corrected chi connectivity index (χ0v) is 11.9. The van der Waals surface area contributed by atoms with E-state index in [4.69, 9.17) is 4.74 Å². The van der Waals surface area contributed by atoms with Crippen LogP contribution in [0.1, 0.15) is 38.7 Å². The number of hydrogen-bond acceptors (Lipinski definition) is 2. The van der Waals surface area contributed by atoms with E-state index in [-0.39, 0.29) is 6.61 Å². The second kappa shape index (κ2) is 8.15. The summed E-state index contributed by atoms with van der Waals surface area (Å²) in [5.74, 6) is 1.99. The molecule has 1 N–H and O–H groups in total. The zero-order chi connectivity index (χ0) is 13.4. The van der Waals surface area contributed by atoms with E-state index < -0.39 is 0 Å². The van der Waals surface area contributed by atoms with Gasteiger partial charge in [-0.25, -0.2) is 0 Å². The number of rotatable bonds is 8. The van der Waals surface area contributed by atoms with E-state index in [0.717, 1.165) is 24.5 Å². The first-order chi connectivity index (χ1) is 8.74. The molecule has 1 atom stereocenters. The average molecular weight is 250 g/mol. The van der Waals surface area contributed by atoms with Crippen molar-refractivity contribution >= 4 is 0 Å². The maximum absolute atomic E-state index is 9.55. The van der Waals surface area contributed by atoms with E-state index >= 15 is 0 Å². The molecule has 1 aromatic rings. The van der Waals surface area contributed by atoms with E-state index in [9.17, 15) is 5.11 Å². The Morgan fingerprint density at radius 1 is 1.11 bits per heavy atom. The van der Waals surface area contributed by atoms with Crippen LogP contribution in [0.4, 0.5) is 0 Å². The molecule has 0 spiro atoms. The Hall–Kier alpha value is -1.02. The first-order valence-electron chi connectivity index (χ1n) is 6.97. The first-order valence-corrected chi connectivity index (χ1v) is 6.97. The summed E-state index contributed by atoms with van der Waals surface area (Å²) in [5.41, 5.74) is 1.20. The van der Waals surface area contributed by atoms with Gasteiger partial charge in [0.25, 0.3) is 0 Å². The second-order valence-electron chi connectivity index (χ2n) is 4.98. The number of aliphatic hydroxyl groups is 1. The molecule has 0 fully saturated rings. The summed E-state index contributed by atoms with van der Waals surface area (Å²) in [6.07, 6.45) is 4.39. The number of hydrogen-bond donors (Lipinski definition) is 1. The zero-order valence-electron chi connectivity index (χ0n) is 11.9. The second-order valence-corrected chi connectivity index (χ2v) is 4.98. The van der Waals surface area contributed by atoms with Crippen LogP contribution in [-0.2, 0) is 6.42 Å². The van der Waals surface area contributed by atoms with E-state index in [2.05, 4.69) is 19.9 Å². The van der Waals surface area contributed by atoms with Gasteiger partial charge in [0.15, 0.2) is 0 Å². The molecule has 102 valence electrons. The molecule has 0 aliphatic rings. The average Bonchev–Trinajstić information content (AvgIpc) is 2.43. The van der Waals surface area contributed by atoms with Crippen molar-refractivity contribution in [3.63, 3.8) is 0 Å². The summed E-state index contributed by atoms with van der Waals surface area (Å²) in [7, 11) is 1.70. The highest BCUT2D eigenvalue weighted by Crippen LogP contribution is 2.26. The van der Waals surface area contributed by atoms with E-state index in [0.29, 0.717) is 5.92 Å². The number of aliphatic hydroxyl groups excluding tert-OH is 1. The molecule has 0 bridgehead atoms. The summed E-state index contributed by atoms with van der Waals surface area (Å²) >= 11 is 0. The lowest BCUT2D eigenvalue weighted by atomic mass is 9.87. The Kier molecular flexibility index (Phi) is 6.81. The van der Waals surface area contributed by atoms with Crippen LogP contribution >= 0.6 is 0 Å². The van der Waals surface area contributed by atoms with Crippen LogP contribution in [0.15, 0.2) is 24.3 Å². The van der Waals surface area contributed by atoms with Crippen LogP contribution in [0.5, 0.6) is 5.75 Å². The molecule has 0 saturated heterocycles. The molecule has 0 aromatic heterocycles. The van der Waals surface area contributed by atoms with Crippen molar-refractivity contribution in [1.29, 1.82) is 0 Å². The van der Waals surface area contributed by atoms with Crippen molar-refractivity contribution < 1.29 is 9.84 Å². The highest BCUT2D eigenvalue weighted by Gasteiger charge is 2.15. The molecular formula is C16H26O2. The van der Waals surface area contributed by atoms with Gasteiger partial charge in [0, 0.05) is 6.61 Å². The lowest BCUT2D eigenvalue weighted by molar-refractivity contribution is 0.195. The number of para-hydroxylation sites is 1. The maximum atomic E-state index is 9.55. The number of ether oxygens (including phenoxy) is 1. The van der Waals surface area contributed by atoms with Gasteiger partial charge in [-0.3, -0.25) is 0 Å². The van der Waals surface area contributed by atoms with Crippen molar-refractivity contribution in [2.45, 2.75) is 39.5 Å². The van der Waals surface area contributed by atoms with E-state index in [1.54, 1.807) is 7.11 Å². The monoisotopic (exact) mass is 250 g/mol. The Morgan fingerprint density at radius 2 is 1.78 bits per heavy atom. The topological polar surface area (TPSA) is 29.5 Å². The van der Waals surface area contributed by atoms with Gasteiger partial charge in [0.2, 0.25) is 0 Å². The highest BCUT2D eigenvalue weighted by molar-refractivity contribution is 5.33. The lowest BCUT2D eigenvalue weighted by Gasteiger charge is -2.21. The maximum Gasteiger partial charge on any atom is 0.122 e. The standard InChI is InChI=1S/C16H26O2/c1-4-13(5-2)10-14(12-17)11-15-8-6-7-9-16(15)18-3/h6-9,13-14,17H,4-5,10-12H2,1-3H3. The predicted octanol–water partition coefficient (Wildman–Crippen LogP) is 3.67. The normalized spacial score (nSPS) is 12.7. The molecule has 0 amide bonds. The molecule has 0 aliphatic heterocycles. The third-order valence-corrected chi connectivity index (χ3v) is 3.78. The molecule has 2 heteroatoms. The molecule has 1 rings (SSSR count). The molecule has 1 aromatic carbocycles. The molecular weight excluding hydrogens is 224 g/mol. The Morgan fingerprint density at radius 3 is 2.33 bits per heavy atom. The Bertz CT molecular complexity index is 332. The molecule has 0 radical (unpaired) electrons. The van der Waals surface area contributed by atoms with Gasteiger partial charge in [-0.2, -0.15) is 0 Å². The quantitative estimate of drug-likeness (QED) is 0.762. The fourth-order valence-corrected chi connectivity index (χ4v) is 2.50. The summed E-state index contributed by atoms with van der Waals surface area (Å²) in [6.45, 7) is 4.71. The molecule has 0 aliphatic carbocycles. The Balaban J connectivity index is 2.67. The van der Waals surface area contributed by atoms with Gasteiger partial charge in [0.05, 0.1) is 7.11 Å². The molecule has 1 unspecified atom stereocenters. The summed E-state index contributed by atoms with van der Waals surface area (Å²) < 4.78 is 5.37. The fraction of sp³-hybridized carbons (Fsp3) is 0.625.